The Kier molecular flexibility index (Phi) is 4.72. The molecule has 1 amide bonds. The highest BCUT2D eigenvalue weighted by Gasteiger charge is 2.19. The van der Waals surface area contributed by atoms with Gasteiger partial charge in [-0.05, 0) is 30.8 Å². The number of nitrogens with zero attached hydrogens (tertiary/aromatic N) is 2. The van der Waals surface area contributed by atoms with Gasteiger partial charge in [0.2, 0.25) is 5.88 Å². The zero-order chi connectivity index (χ0) is 14.7. The summed E-state index contributed by atoms with van der Waals surface area (Å²) in [5.74, 6) is 0.750. The van der Waals surface area contributed by atoms with Crippen LogP contribution in [0.2, 0.25) is 0 Å². The lowest BCUT2D eigenvalue weighted by molar-refractivity contribution is 0.102. The maximum Gasteiger partial charge on any atom is 0.267 e. The first-order chi connectivity index (χ1) is 9.51. The van der Waals surface area contributed by atoms with Crippen LogP contribution in [0.3, 0.4) is 0 Å². The van der Waals surface area contributed by atoms with E-state index in [0.717, 1.165) is 17.1 Å². The molecule has 2 heterocycles. The van der Waals surface area contributed by atoms with Gasteiger partial charge in [0.25, 0.3) is 5.91 Å². The molecule has 2 rings (SSSR count). The van der Waals surface area contributed by atoms with E-state index >= 15 is 0 Å². The van der Waals surface area contributed by atoms with E-state index in [1.54, 1.807) is 5.38 Å². The van der Waals surface area contributed by atoms with Gasteiger partial charge in [0.15, 0.2) is 0 Å². The number of anilines is 1. The Bertz CT molecular complexity index is 605. The largest absolute Gasteiger partial charge is 0.479 e. The molecule has 0 fully saturated rings. The standard InChI is InChI=1S/C13H17N3O2S2/c1-7(2)5-9-11(20-8(3)14-9)12(17)15-10-6-19-16-13(10)18-4/h6-7H,5H2,1-4H3,(H,15,17). The highest BCUT2D eigenvalue weighted by molar-refractivity contribution is 7.13. The topological polar surface area (TPSA) is 64.1 Å². The van der Waals surface area contributed by atoms with Gasteiger partial charge in [-0.25, -0.2) is 4.98 Å². The van der Waals surface area contributed by atoms with Crippen LogP contribution in [0.15, 0.2) is 5.38 Å². The number of methoxy groups -OCH3 is 1. The maximum atomic E-state index is 12.4. The molecule has 0 aliphatic rings. The van der Waals surface area contributed by atoms with Crippen LogP contribution in [0.5, 0.6) is 5.88 Å². The lowest BCUT2D eigenvalue weighted by Crippen LogP contribution is -2.13. The van der Waals surface area contributed by atoms with Gasteiger partial charge in [-0.3, -0.25) is 4.79 Å². The fourth-order valence-electron chi connectivity index (χ4n) is 1.81. The molecule has 0 saturated carbocycles. The number of amides is 1. The molecule has 0 unspecified atom stereocenters. The van der Waals surface area contributed by atoms with E-state index in [1.165, 1.54) is 30.0 Å². The molecule has 0 aromatic carbocycles. The van der Waals surface area contributed by atoms with Crippen molar-refractivity contribution in [3.05, 3.63) is 21.0 Å². The van der Waals surface area contributed by atoms with Crippen molar-refractivity contribution >= 4 is 34.5 Å². The number of carbonyl (C=O) groups excluding carboxylic acids is 1. The van der Waals surface area contributed by atoms with Crippen molar-refractivity contribution in [2.75, 3.05) is 12.4 Å². The zero-order valence-corrected chi connectivity index (χ0v) is 13.5. The molecule has 0 aliphatic carbocycles. The average Bonchev–Trinajstić information content (AvgIpc) is 2.95. The first-order valence-corrected chi connectivity index (χ1v) is 7.92. The van der Waals surface area contributed by atoms with E-state index in [9.17, 15) is 4.79 Å². The summed E-state index contributed by atoms with van der Waals surface area (Å²) < 4.78 is 9.14. The Morgan fingerprint density at radius 2 is 2.25 bits per heavy atom. The zero-order valence-electron chi connectivity index (χ0n) is 11.9. The Morgan fingerprint density at radius 3 is 2.90 bits per heavy atom. The average molecular weight is 311 g/mol. The number of carbonyl (C=O) groups is 1. The van der Waals surface area contributed by atoms with E-state index < -0.39 is 0 Å². The van der Waals surface area contributed by atoms with E-state index in [1.807, 2.05) is 6.92 Å². The number of hydrogen-bond acceptors (Lipinski definition) is 6. The number of ether oxygens (including phenoxy) is 1. The normalized spacial score (nSPS) is 10.8. The van der Waals surface area contributed by atoms with Gasteiger partial charge in [-0.1, -0.05) is 13.8 Å². The molecule has 0 bridgehead atoms. The van der Waals surface area contributed by atoms with Gasteiger partial charge in [0.05, 0.1) is 17.8 Å². The van der Waals surface area contributed by atoms with Crippen molar-refractivity contribution in [2.45, 2.75) is 27.2 Å². The summed E-state index contributed by atoms with van der Waals surface area (Å²) in [5.41, 5.74) is 1.46. The minimum atomic E-state index is -0.148. The molecule has 0 aliphatic heterocycles. The third kappa shape index (κ3) is 3.34. The monoisotopic (exact) mass is 311 g/mol. The Morgan fingerprint density at radius 1 is 1.50 bits per heavy atom. The second-order valence-electron chi connectivity index (χ2n) is 4.80. The second-order valence-corrected chi connectivity index (χ2v) is 6.63. The van der Waals surface area contributed by atoms with Gasteiger partial charge in [0, 0.05) is 5.38 Å². The number of rotatable bonds is 5. The van der Waals surface area contributed by atoms with Crippen molar-refractivity contribution in [1.29, 1.82) is 0 Å². The number of aromatic nitrogens is 2. The molecule has 7 heteroatoms. The number of aryl methyl sites for hydroxylation is 1. The molecule has 20 heavy (non-hydrogen) atoms. The van der Waals surface area contributed by atoms with E-state index in [2.05, 4.69) is 28.5 Å². The summed E-state index contributed by atoms with van der Waals surface area (Å²) in [6.07, 6.45) is 0.798. The summed E-state index contributed by atoms with van der Waals surface area (Å²) >= 11 is 2.66. The molecule has 0 saturated heterocycles. The van der Waals surface area contributed by atoms with Crippen LogP contribution in [0, 0.1) is 12.8 Å². The van der Waals surface area contributed by atoms with Gasteiger partial charge < -0.3 is 10.1 Å². The predicted octanol–water partition coefficient (Wildman–Crippen LogP) is 3.37. The van der Waals surface area contributed by atoms with Gasteiger partial charge in [-0.2, -0.15) is 4.37 Å². The van der Waals surface area contributed by atoms with Gasteiger partial charge >= 0.3 is 0 Å². The number of hydrogen-bond donors (Lipinski definition) is 1. The lowest BCUT2D eigenvalue weighted by Gasteiger charge is -2.06. The third-order valence-electron chi connectivity index (χ3n) is 2.59. The van der Waals surface area contributed by atoms with Crippen molar-refractivity contribution in [3.8, 4) is 5.88 Å². The van der Waals surface area contributed by atoms with E-state index in [4.69, 9.17) is 4.74 Å². The Labute approximate surface area is 126 Å². The second kappa shape index (κ2) is 6.32. The van der Waals surface area contributed by atoms with Crippen LogP contribution in [-0.2, 0) is 6.42 Å². The van der Waals surface area contributed by atoms with Crippen molar-refractivity contribution in [3.63, 3.8) is 0 Å². The summed E-state index contributed by atoms with van der Waals surface area (Å²) in [4.78, 5) is 17.5. The summed E-state index contributed by atoms with van der Waals surface area (Å²) in [7, 11) is 1.53. The Hall–Kier alpha value is -1.47. The molecule has 5 nitrogen and oxygen atoms in total. The number of thiazole rings is 1. The predicted molar refractivity (Wildman–Crippen MR) is 82.0 cm³/mol. The van der Waals surface area contributed by atoms with Crippen LogP contribution in [0.4, 0.5) is 5.69 Å². The smallest absolute Gasteiger partial charge is 0.267 e. The van der Waals surface area contributed by atoms with Crippen LogP contribution < -0.4 is 10.1 Å². The molecule has 0 atom stereocenters. The van der Waals surface area contributed by atoms with Crippen molar-refractivity contribution < 1.29 is 9.53 Å². The van der Waals surface area contributed by atoms with E-state index in [0.29, 0.717) is 22.4 Å². The molecule has 0 radical (unpaired) electrons. The molecule has 2 aromatic heterocycles. The quantitative estimate of drug-likeness (QED) is 0.919. The fraction of sp³-hybridized carbons (Fsp3) is 0.462. The van der Waals surface area contributed by atoms with Crippen molar-refractivity contribution in [1.82, 2.24) is 9.36 Å². The van der Waals surface area contributed by atoms with Gasteiger partial charge in [-0.15, -0.1) is 11.3 Å². The summed E-state index contributed by atoms with van der Waals surface area (Å²) in [5, 5.41) is 5.50. The SMILES string of the molecule is COc1nscc1NC(=O)c1sc(C)nc1CC(C)C. The number of nitrogens with one attached hydrogen (secondary N) is 1. The molecule has 1 N–H and O–H groups in total. The van der Waals surface area contributed by atoms with E-state index in [-0.39, 0.29) is 5.91 Å². The minimum absolute atomic E-state index is 0.148. The minimum Gasteiger partial charge on any atom is -0.479 e. The summed E-state index contributed by atoms with van der Waals surface area (Å²) in [6, 6.07) is 0. The van der Waals surface area contributed by atoms with Crippen molar-refractivity contribution in [2.24, 2.45) is 5.92 Å². The van der Waals surface area contributed by atoms with Crippen LogP contribution in [0.25, 0.3) is 0 Å². The first kappa shape index (κ1) is 14.9. The Balaban J connectivity index is 2.21. The highest BCUT2D eigenvalue weighted by Crippen LogP contribution is 2.27. The lowest BCUT2D eigenvalue weighted by atomic mass is 10.1. The first-order valence-electron chi connectivity index (χ1n) is 6.27. The summed E-state index contributed by atoms with van der Waals surface area (Å²) in [6.45, 7) is 6.14. The third-order valence-corrected chi connectivity index (χ3v) is 4.21. The maximum absolute atomic E-state index is 12.4. The van der Waals surface area contributed by atoms with Crippen LogP contribution in [-0.4, -0.2) is 22.4 Å². The molecular weight excluding hydrogens is 294 g/mol. The molecular formula is C13H17N3O2S2. The molecule has 0 spiro atoms. The van der Waals surface area contributed by atoms with Crippen LogP contribution in [0.1, 0.15) is 34.2 Å². The highest BCUT2D eigenvalue weighted by atomic mass is 32.1. The molecule has 2 aromatic rings. The molecule has 108 valence electrons. The van der Waals surface area contributed by atoms with Gasteiger partial charge in [0.1, 0.15) is 10.6 Å². The fourth-order valence-corrected chi connectivity index (χ4v) is 3.24. The van der Waals surface area contributed by atoms with Crippen LogP contribution >= 0.6 is 22.9 Å².